The van der Waals surface area contributed by atoms with Gasteiger partial charge in [-0.15, -0.1) is 5.10 Å². The summed E-state index contributed by atoms with van der Waals surface area (Å²) in [6.45, 7) is 0. The molecule has 8 nitrogen and oxygen atoms in total. The van der Waals surface area contributed by atoms with Crippen LogP contribution >= 0.6 is 11.8 Å². The molecule has 0 aliphatic carbocycles. The number of anilines is 1. The number of carbonyl (C=O) groups is 1. The third-order valence-corrected chi connectivity index (χ3v) is 5.75. The minimum absolute atomic E-state index is 0.258. The van der Waals surface area contributed by atoms with Gasteiger partial charge in [0.2, 0.25) is 11.1 Å². The maximum absolute atomic E-state index is 13.2. The highest BCUT2D eigenvalue weighted by Crippen LogP contribution is 2.25. The molecule has 1 N–H and O–H groups in total. The Morgan fingerprint density at radius 1 is 1.09 bits per heavy atom. The highest BCUT2D eigenvalue weighted by molar-refractivity contribution is 7.98. The Kier molecular flexibility index (Phi) is 6.41. The molecule has 0 radical (unpaired) electrons. The van der Waals surface area contributed by atoms with Crippen LogP contribution < -0.4 is 5.32 Å². The predicted octanol–water partition coefficient (Wildman–Crippen LogP) is 3.69. The lowest BCUT2D eigenvalue weighted by molar-refractivity contribution is -0.111. The van der Waals surface area contributed by atoms with Crippen molar-refractivity contribution in [3.05, 3.63) is 77.7 Å². The minimum Gasteiger partial charge on any atom is -0.323 e. The first kappa shape index (κ1) is 21.4. The minimum atomic E-state index is -0.303. The number of benzene rings is 2. The van der Waals surface area contributed by atoms with E-state index in [1.807, 2.05) is 24.3 Å². The van der Waals surface area contributed by atoms with Gasteiger partial charge in [-0.3, -0.25) is 9.48 Å². The molecule has 4 rings (SSSR count). The van der Waals surface area contributed by atoms with Crippen LogP contribution in [0.2, 0.25) is 0 Å². The van der Waals surface area contributed by atoms with Crippen LogP contribution in [0.4, 0.5) is 10.1 Å². The van der Waals surface area contributed by atoms with Crippen LogP contribution in [0, 0.1) is 5.82 Å². The summed E-state index contributed by atoms with van der Waals surface area (Å²) < 4.78 is 16.6. The first-order valence-electron chi connectivity index (χ1n) is 9.70. The Morgan fingerprint density at radius 2 is 1.84 bits per heavy atom. The maximum Gasteiger partial charge on any atom is 0.248 e. The molecule has 2 aromatic carbocycles. The van der Waals surface area contributed by atoms with Crippen molar-refractivity contribution in [2.45, 2.75) is 10.9 Å². The SMILES string of the molecule is Cn1nnnc1SCc1ccc(NC(=O)/C=C/c2cnn(C)c2-c2ccc(F)cc2)cc1. The van der Waals surface area contributed by atoms with E-state index in [1.165, 1.54) is 30.0 Å². The summed E-state index contributed by atoms with van der Waals surface area (Å²) in [6.07, 6.45) is 4.82. The summed E-state index contributed by atoms with van der Waals surface area (Å²) in [5.41, 5.74) is 4.16. The number of nitrogens with zero attached hydrogens (tertiary/aromatic N) is 6. The van der Waals surface area contributed by atoms with Gasteiger partial charge >= 0.3 is 0 Å². The van der Waals surface area contributed by atoms with Crippen LogP contribution in [-0.2, 0) is 24.6 Å². The molecule has 0 fully saturated rings. The number of tetrazole rings is 1. The molecule has 32 heavy (non-hydrogen) atoms. The zero-order valence-electron chi connectivity index (χ0n) is 17.4. The lowest BCUT2D eigenvalue weighted by atomic mass is 10.1. The zero-order valence-corrected chi connectivity index (χ0v) is 18.3. The molecule has 1 amide bonds. The Balaban J connectivity index is 1.38. The van der Waals surface area contributed by atoms with Crippen molar-refractivity contribution in [3.63, 3.8) is 0 Å². The first-order chi connectivity index (χ1) is 15.5. The van der Waals surface area contributed by atoms with E-state index < -0.39 is 0 Å². The Hall–Kier alpha value is -3.79. The molecule has 0 unspecified atom stereocenters. The quantitative estimate of drug-likeness (QED) is 0.342. The Morgan fingerprint density at radius 3 is 2.53 bits per heavy atom. The lowest BCUT2D eigenvalue weighted by Gasteiger charge is -2.05. The van der Waals surface area contributed by atoms with Gasteiger partial charge in [0.1, 0.15) is 5.82 Å². The summed E-state index contributed by atoms with van der Waals surface area (Å²) in [5, 5.41) is 19.2. The third-order valence-electron chi connectivity index (χ3n) is 4.67. The Labute approximate surface area is 188 Å². The van der Waals surface area contributed by atoms with E-state index >= 15 is 0 Å². The monoisotopic (exact) mass is 449 g/mol. The number of nitrogens with one attached hydrogen (secondary N) is 1. The molecule has 0 bridgehead atoms. The van der Waals surface area contributed by atoms with Gasteiger partial charge in [0, 0.05) is 42.7 Å². The molecule has 0 aliphatic rings. The predicted molar refractivity (Wildman–Crippen MR) is 121 cm³/mol. The molecule has 2 aromatic heterocycles. The second-order valence-corrected chi connectivity index (χ2v) is 7.91. The molecule has 0 saturated carbocycles. The molecule has 0 spiro atoms. The standard InChI is InChI=1S/C22H20FN7OS/c1-29-21(16-5-8-18(23)9-6-16)17(13-24-29)7-12-20(31)25-19-10-3-15(4-11-19)14-32-22-26-27-28-30(22)2/h3-13H,14H2,1-2H3,(H,25,31)/b12-7+. The lowest BCUT2D eigenvalue weighted by Crippen LogP contribution is -2.07. The summed E-state index contributed by atoms with van der Waals surface area (Å²) in [7, 11) is 3.60. The number of hydrogen-bond donors (Lipinski definition) is 1. The molecular weight excluding hydrogens is 429 g/mol. The van der Waals surface area contributed by atoms with Crippen molar-refractivity contribution >= 4 is 29.4 Å². The number of halogens is 1. The number of thioether (sulfide) groups is 1. The van der Waals surface area contributed by atoms with Gasteiger partial charge in [0.15, 0.2) is 0 Å². The second kappa shape index (κ2) is 9.56. The topological polar surface area (TPSA) is 90.5 Å². The number of aryl methyl sites for hydroxylation is 2. The Bertz CT molecular complexity index is 1250. The maximum atomic E-state index is 13.2. The van der Waals surface area contributed by atoms with E-state index in [1.54, 1.807) is 47.9 Å². The van der Waals surface area contributed by atoms with E-state index in [2.05, 4.69) is 25.9 Å². The van der Waals surface area contributed by atoms with E-state index in [-0.39, 0.29) is 11.7 Å². The number of hydrogen-bond acceptors (Lipinski definition) is 6. The smallest absolute Gasteiger partial charge is 0.248 e. The normalized spacial score (nSPS) is 11.2. The van der Waals surface area contributed by atoms with Crippen LogP contribution in [0.3, 0.4) is 0 Å². The van der Waals surface area contributed by atoms with Gasteiger partial charge in [-0.25, -0.2) is 9.07 Å². The highest BCUT2D eigenvalue weighted by atomic mass is 32.2. The van der Waals surface area contributed by atoms with Crippen molar-refractivity contribution in [1.29, 1.82) is 0 Å². The number of amides is 1. The van der Waals surface area contributed by atoms with Crippen LogP contribution in [0.1, 0.15) is 11.1 Å². The third kappa shape index (κ3) is 5.09. The van der Waals surface area contributed by atoms with E-state index in [9.17, 15) is 9.18 Å². The molecule has 0 atom stereocenters. The van der Waals surface area contributed by atoms with Gasteiger partial charge in [0.25, 0.3) is 0 Å². The number of aromatic nitrogens is 6. The van der Waals surface area contributed by atoms with Gasteiger partial charge in [0.05, 0.1) is 11.9 Å². The first-order valence-corrected chi connectivity index (χ1v) is 10.7. The summed E-state index contributed by atoms with van der Waals surface area (Å²) >= 11 is 1.53. The molecule has 162 valence electrons. The summed E-state index contributed by atoms with van der Waals surface area (Å²) in [6, 6.07) is 13.8. The molecule has 2 heterocycles. The van der Waals surface area contributed by atoms with Crippen molar-refractivity contribution in [2.24, 2.45) is 14.1 Å². The van der Waals surface area contributed by atoms with E-state index in [0.717, 1.165) is 33.3 Å². The van der Waals surface area contributed by atoms with Gasteiger partial charge in [-0.1, -0.05) is 23.9 Å². The molecular formula is C22H20FN7OS. The molecule has 10 heteroatoms. The van der Waals surface area contributed by atoms with E-state index in [0.29, 0.717) is 5.69 Å². The summed E-state index contributed by atoms with van der Waals surface area (Å²) in [4.78, 5) is 12.4. The molecule has 4 aromatic rings. The van der Waals surface area contributed by atoms with Crippen molar-refractivity contribution < 1.29 is 9.18 Å². The zero-order chi connectivity index (χ0) is 22.5. The molecule has 0 aliphatic heterocycles. The van der Waals surface area contributed by atoms with E-state index in [4.69, 9.17) is 0 Å². The fourth-order valence-electron chi connectivity index (χ4n) is 3.06. The average Bonchev–Trinajstić information content (AvgIpc) is 3.37. The highest BCUT2D eigenvalue weighted by Gasteiger charge is 2.10. The molecule has 0 saturated heterocycles. The van der Waals surface area contributed by atoms with Crippen LogP contribution in [-0.4, -0.2) is 35.9 Å². The average molecular weight is 450 g/mol. The van der Waals surface area contributed by atoms with Gasteiger partial charge in [-0.2, -0.15) is 5.10 Å². The van der Waals surface area contributed by atoms with Crippen molar-refractivity contribution in [3.8, 4) is 11.3 Å². The van der Waals surface area contributed by atoms with Crippen molar-refractivity contribution in [2.75, 3.05) is 5.32 Å². The van der Waals surface area contributed by atoms with Crippen LogP contribution in [0.25, 0.3) is 17.3 Å². The van der Waals surface area contributed by atoms with Crippen molar-refractivity contribution in [1.82, 2.24) is 30.0 Å². The number of rotatable bonds is 7. The van der Waals surface area contributed by atoms with Gasteiger partial charge in [-0.05, 0) is 58.5 Å². The van der Waals surface area contributed by atoms with Crippen LogP contribution in [0.15, 0.2) is 66.0 Å². The van der Waals surface area contributed by atoms with Crippen LogP contribution in [0.5, 0.6) is 0 Å². The fraction of sp³-hybridized carbons (Fsp3) is 0.136. The largest absolute Gasteiger partial charge is 0.323 e. The number of carbonyl (C=O) groups excluding carboxylic acids is 1. The summed E-state index contributed by atoms with van der Waals surface area (Å²) in [5.74, 6) is 0.157. The fourth-order valence-corrected chi connectivity index (χ4v) is 3.87. The second-order valence-electron chi connectivity index (χ2n) is 6.97. The van der Waals surface area contributed by atoms with Gasteiger partial charge < -0.3 is 5.32 Å².